The number of nitrogens with zero attached hydrogens (tertiary/aromatic N) is 1. The highest BCUT2D eigenvalue weighted by Gasteiger charge is 2.15. The van der Waals surface area contributed by atoms with Crippen molar-refractivity contribution in [1.29, 1.82) is 0 Å². The van der Waals surface area contributed by atoms with E-state index in [1.165, 1.54) is 20.3 Å². The molecule has 0 atom stereocenters. The average molecular weight is 460 g/mol. The Labute approximate surface area is 197 Å². The lowest BCUT2D eigenvalue weighted by atomic mass is 10.1. The van der Waals surface area contributed by atoms with Gasteiger partial charge in [-0.25, -0.2) is 5.43 Å². The van der Waals surface area contributed by atoms with E-state index >= 15 is 0 Å². The second-order valence-electron chi connectivity index (χ2n) is 7.04. The first-order chi connectivity index (χ1) is 16.5. The number of nitrogens with one attached hydrogen (secondary N) is 2. The predicted octanol–water partition coefficient (Wildman–Crippen LogP) is 4.27. The molecule has 0 aliphatic heterocycles. The van der Waals surface area contributed by atoms with Crippen LogP contribution in [0.2, 0.25) is 0 Å². The fourth-order valence-electron chi connectivity index (χ4n) is 2.88. The lowest BCUT2D eigenvalue weighted by Crippen LogP contribution is -2.33. The highest BCUT2D eigenvalue weighted by atomic mass is 16.5. The minimum Gasteiger partial charge on any atom is -0.493 e. The van der Waals surface area contributed by atoms with E-state index in [1.807, 2.05) is 0 Å². The highest BCUT2D eigenvalue weighted by Crippen LogP contribution is 2.28. The molecule has 0 aliphatic rings. The number of hydrogen-bond donors (Lipinski definition) is 2. The van der Waals surface area contributed by atoms with Crippen LogP contribution in [0.4, 0.5) is 0 Å². The molecule has 3 rings (SSSR count). The van der Waals surface area contributed by atoms with Crippen molar-refractivity contribution in [2.75, 3.05) is 14.2 Å². The van der Waals surface area contributed by atoms with Gasteiger partial charge in [0.05, 0.1) is 26.2 Å². The number of carbonyl (C=O) groups is 2. The van der Waals surface area contributed by atoms with Crippen LogP contribution >= 0.6 is 0 Å². The summed E-state index contributed by atoms with van der Waals surface area (Å²) in [6.07, 6.45) is 6.51. The molecule has 0 bridgehead atoms. The van der Waals surface area contributed by atoms with E-state index in [9.17, 15) is 9.59 Å². The van der Waals surface area contributed by atoms with Crippen molar-refractivity contribution in [1.82, 2.24) is 10.7 Å². The Balaban J connectivity index is 1.84. The summed E-state index contributed by atoms with van der Waals surface area (Å²) in [6.45, 7) is 1.72. The Morgan fingerprint density at radius 1 is 0.971 bits per heavy atom. The summed E-state index contributed by atoms with van der Waals surface area (Å²) in [6, 6.07) is 17.3. The van der Waals surface area contributed by atoms with E-state index < -0.39 is 11.8 Å². The van der Waals surface area contributed by atoms with E-state index in [1.54, 1.807) is 86.0 Å². The molecule has 0 saturated heterocycles. The maximum atomic E-state index is 12.9. The third-order valence-electron chi connectivity index (χ3n) is 4.61. The zero-order chi connectivity index (χ0) is 24.3. The average Bonchev–Trinajstić information content (AvgIpc) is 3.39. The van der Waals surface area contributed by atoms with Gasteiger partial charge in [0.2, 0.25) is 0 Å². The van der Waals surface area contributed by atoms with Crippen LogP contribution in [0.3, 0.4) is 0 Å². The number of allylic oxidation sites excluding steroid dienone is 1. The van der Waals surface area contributed by atoms with E-state index in [2.05, 4.69) is 15.8 Å². The number of benzene rings is 2. The Morgan fingerprint density at radius 3 is 2.41 bits per heavy atom. The first-order valence-corrected chi connectivity index (χ1v) is 10.4. The molecule has 0 radical (unpaired) electrons. The molecule has 0 aliphatic carbocycles. The molecular formula is C26H25N3O5. The lowest BCUT2D eigenvalue weighted by molar-refractivity contribution is -0.117. The Morgan fingerprint density at radius 2 is 1.74 bits per heavy atom. The number of hydrazone groups is 1. The largest absolute Gasteiger partial charge is 0.493 e. The minimum atomic E-state index is -0.593. The van der Waals surface area contributed by atoms with Crippen LogP contribution in [0.15, 0.2) is 88.2 Å². The van der Waals surface area contributed by atoms with Crippen LogP contribution in [-0.4, -0.2) is 31.7 Å². The first kappa shape index (κ1) is 24.1. The van der Waals surface area contributed by atoms with Crippen molar-refractivity contribution in [3.05, 3.63) is 95.6 Å². The molecule has 2 amide bonds. The van der Waals surface area contributed by atoms with Crippen LogP contribution < -0.4 is 20.2 Å². The van der Waals surface area contributed by atoms with Gasteiger partial charge in [0.25, 0.3) is 11.8 Å². The number of ether oxygens (including phenoxy) is 2. The molecule has 8 nitrogen and oxygen atoms in total. The minimum absolute atomic E-state index is 0.00707. The zero-order valence-electron chi connectivity index (χ0n) is 19.1. The number of rotatable bonds is 9. The summed E-state index contributed by atoms with van der Waals surface area (Å²) in [5.41, 5.74) is 4.04. The molecule has 174 valence electrons. The summed E-state index contributed by atoms with van der Waals surface area (Å²) in [7, 11) is 3.05. The summed E-state index contributed by atoms with van der Waals surface area (Å²) >= 11 is 0. The Kier molecular flexibility index (Phi) is 8.40. The molecular weight excluding hydrogens is 434 g/mol. The molecule has 0 unspecified atom stereocenters. The molecule has 0 fully saturated rings. The van der Waals surface area contributed by atoms with E-state index in [-0.39, 0.29) is 5.70 Å². The molecule has 2 aromatic carbocycles. The standard InChI is InChI=1S/C26H25N3O5/c1-18(11-13-21-10-7-15-34-21)28-29-26(31)22(27-25(30)20-8-5-4-6-9-20)16-19-12-14-23(32-2)24(17-19)33-3/h4-17H,1-3H3,(H,27,30)(H,29,31)/b13-11+,22-16+,28-18+. The van der Waals surface area contributed by atoms with Crippen molar-refractivity contribution in [2.45, 2.75) is 6.92 Å². The first-order valence-electron chi connectivity index (χ1n) is 10.4. The molecule has 3 aromatic rings. The van der Waals surface area contributed by atoms with Crippen LogP contribution in [0.1, 0.15) is 28.6 Å². The van der Waals surface area contributed by atoms with Crippen molar-refractivity contribution < 1.29 is 23.5 Å². The third kappa shape index (κ3) is 6.70. The van der Waals surface area contributed by atoms with Gasteiger partial charge in [-0.3, -0.25) is 9.59 Å². The maximum absolute atomic E-state index is 12.9. The van der Waals surface area contributed by atoms with Crippen molar-refractivity contribution in [3.63, 3.8) is 0 Å². The van der Waals surface area contributed by atoms with Gasteiger partial charge >= 0.3 is 0 Å². The van der Waals surface area contributed by atoms with Crippen LogP contribution in [0.5, 0.6) is 11.5 Å². The van der Waals surface area contributed by atoms with Gasteiger partial charge in [-0.05, 0) is 67.1 Å². The molecule has 1 heterocycles. The SMILES string of the molecule is COc1ccc(/C=C(/NC(=O)c2ccccc2)C(=O)N/N=C(C)/C=C/c2ccco2)cc1OC. The number of methoxy groups -OCH3 is 2. The Hall–Kier alpha value is -4.59. The molecule has 2 N–H and O–H groups in total. The summed E-state index contributed by atoms with van der Waals surface area (Å²) in [5.74, 6) is 0.667. The summed E-state index contributed by atoms with van der Waals surface area (Å²) < 4.78 is 15.8. The van der Waals surface area contributed by atoms with Gasteiger partial charge in [-0.2, -0.15) is 5.10 Å². The summed E-state index contributed by atoms with van der Waals surface area (Å²) in [4.78, 5) is 25.6. The maximum Gasteiger partial charge on any atom is 0.287 e. The van der Waals surface area contributed by atoms with Gasteiger partial charge in [0, 0.05) is 5.56 Å². The number of amides is 2. The van der Waals surface area contributed by atoms with Crippen LogP contribution in [-0.2, 0) is 4.79 Å². The molecule has 34 heavy (non-hydrogen) atoms. The smallest absolute Gasteiger partial charge is 0.287 e. The zero-order valence-corrected chi connectivity index (χ0v) is 19.1. The van der Waals surface area contributed by atoms with Crippen LogP contribution in [0, 0.1) is 0 Å². The topological polar surface area (TPSA) is 102 Å². The van der Waals surface area contributed by atoms with Gasteiger partial charge < -0.3 is 19.2 Å². The monoisotopic (exact) mass is 459 g/mol. The Bertz CT molecular complexity index is 1210. The fourth-order valence-corrected chi connectivity index (χ4v) is 2.88. The molecule has 0 saturated carbocycles. The van der Waals surface area contributed by atoms with Crippen molar-refractivity contribution >= 4 is 29.7 Å². The van der Waals surface area contributed by atoms with Crippen LogP contribution in [0.25, 0.3) is 12.2 Å². The van der Waals surface area contributed by atoms with E-state index in [4.69, 9.17) is 13.9 Å². The third-order valence-corrected chi connectivity index (χ3v) is 4.61. The lowest BCUT2D eigenvalue weighted by Gasteiger charge is -2.11. The summed E-state index contributed by atoms with van der Waals surface area (Å²) in [5, 5.41) is 6.74. The number of furan rings is 1. The van der Waals surface area contributed by atoms with Gasteiger partial charge in [-0.1, -0.05) is 24.3 Å². The second-order valence-corrected chi connectivity index (χ2v) is 7.04. The predicted molar refractivity (Wildman–Crippen MR) is 130 cm³/mol. The highest BCUT2D eigenvalue weighted by molar-refractivity contribution is 6.06. The normalized spacial score (nSPS) is 11.9. The number of hydrogen-bond acceptors (Lipinski definition) is 6. The molecule has 8 heteroatoms. The second kappa shape index (κ2) is 11.9. The van der Waals surface area contributed by atoms with Gasteiger partial charge in [-0.15, -0.1) is 0 Å². The van der Waals surface area contributed by atoms with E-state index in [0.717, 1.165) is 0 Å². The molecule has 1 aromatic heterocycles. The fraction of sp³-hybridized carbons (Fsp3) is 0.115. The van der Waals surface area contributed by atoms with E-state index in [0.29, 0.717) is 34.1 Å². The quantitative estimate of drug-likeness (QED) is 0.283. The van der Waals surface area contributed by atoms with Gasteiger partial charge in [0.15, 0.2) is 11.5 Å². The van der Waals surface area contributed by atoms with Crippen molar-refractivity contribution in [3.8, 4) is 11.5 Å². The number of carbonyl (C=O) groups excluding carboxylic acids is 2. The van der Waals surface area contributed by atoms with Gasteiger partial charge in [0.1, 0.15) is 11.5 Å². The molecule has 0 spiro atoms. The van der Waals surface area contributed by atoms with Crippen molar-refractivity contribution in [2.24, 2.45) is 5.10 Å².